The number of carbonyl (C=O) groups excluding carboxylic acids is 1. The molecule has 2 rings (SSSR count). The molecule has 1 atom stereocenters. The third-order valence-electron chi connectivity index (χ3n) is 3.91. The summed E-state index contributed by atoms with van der Waals surface area (Å²) in [4.78, 5) is 15.4. The van der Waals surface area contributed by atoms with E-state index in [9.17, 15) is 18.0 Å². The molecule has 2 aliphatic heterocycles. The predicted octanol–water partition coefficient (Wildman–Crippen LogP) is 2.07. The van der Waals surface area contributed by atoms with E-state index >= 15 is 0 Å². The first-order chi connectivity index (χ1) is 9.46. The molecule has 0 saturated carbocycles. The summed E-state index contributed by atoms with van der Waals surface area (Å²) in [5.41, 5.74) is 0. The SMILES string of the molecule is Cl.Cl.O=C([C@H]1CCCCN1)N1CCCN(CC(F)(F)F)CC1. The van der Waals surface area contributed by atoms with E-state index in [1.807, 2.05) is 0 Å². The number of amides is 1. The minimum Gasteiger partial charge on any atom is -0.340 e. The van der Waals surface area contributed by atoms with E-state index in [-0.39, 0.29) is 36.8 Å². The summed E-state index contributed by atoms with van der Waals surface area (Å²) < 4.78 is 37.2. The van der Waals surface area contributed by atoms with Gasteiger partial charge in [0.1, 0.15) is 0 Å². The number of hydrogen-bond donors (Lipinski definition) is 1. The van der Waals surface area contributed by atoms with E-state index in [2.05, 4.69) is 5.32 Å². The maximum atomic E-state index is 12.4. The van der Waals surface area contributed by atoms with Gasteiger partial charge in [-0.05, 0) is 25.8 Å². The Morgan fingerprint density at radius 2 is 1.77 bits per heavy atom. The molecule has 0 aromatic heterocycles. The standard InChI is InChI=1S/C13H22F3N3O.2ClH/c14-13(15,16)10-18-6-3-7-19(9-8-18)12(20)11-4-1-2-5-17-11;;/h11,17H,1-10H2;2*1H/t11-;;/m1../s1. The van der Waals surface area contributed by atoms with Gasteiger partial charge in [0, 0.05) is 26.2 Å². The summed E-state index contributed by atoms with van der Waals surface area (Å²) in [6.45, 7) is 1.64. The van der Waals surface area contributed by atoms with Gasteiger partial charge in [-0.2, -0.15) is 13.2 Å². The molecule has 9 heteroatoms. The zero-order chi connectivity index (χ0) is 14.6. The molecule has 0 unspecified atom stereocenters. The van der Waals surface area contributed by atoms with Crippen LogP contribution in [0.2, 0.25) is 0 Å². The van der Waals surface area contributed by atoms with Crippen LogP contribution in [0, 0.1) is 0 Å². The molecule has 2 saturated heterocycles. The van der Waals surface area contributed by atoms with Crippen LogP contribution in [0.15, 0.2) is 0 Å². The topological polar surface area (TPSA) is 35.6 Å². The van der Waals surface area contributed by atoms with Gasteiger partial charge in [-0.3, -0.25) is 9.69 Å². The number of hydrogen-bond acceptors (Lipinski definition) is 3. The number of alkyl halides is 3. The van der Waals surface area contributed by atoms with Gasteiger partial charge in [0.15, 0.2) is 0 Å². The van der Waals surface area contributed by atoms with Crippen LogP contribution in [-0.2, 0) is 4.79 Å². The van der Waals surface area contributed by atoms with Crippen LogP contribution >= 0.6 is 24.8 Å². The van der Waals surface area contributed by atoms with Crippen molar-refractivity contribution in [3.63, 3.8) is 0 Å². The molecule has 0 aromatic carbocycles. The Labute approximate surface area is 141 Å². The van der Waals surface area contributed by atoms with Gasteiger partial charge in [0.2, 0.25) is 5.91 Å². The monoisotopic (exact) mass is 365 g/mol. The van der Waals surface area contributed by atoms with Crippen molar-refractivity contribution in [3.05, 3.63) is 0 Å². The highest BCUT2D eigenvalue weighted by molar-refractivity contribution is 5.85. The maximum absolute atomic E-state index is 12.4. The van der Waals surface area contributed by atoms with Crippen molar-refractivity contribution < 1.29 is 18.0 Å². The highest BCUT2D eigenvalue weighted by Gasteiger charge is 2.32. The van der Waals surface area contributed by atoms with Crippen LogP contribution in [0.3, 0.4) is 0 Å². The quantitative estimate of drug-likeness (QED) is 0.813. The number of piperidine rings is 1. The van der Waals surface area contributed by atoms with Gasteiger partial charge in [0.05, 0.1) is 12.6 Å². The van der Waals surface area contributed by atoms with Crippen molar-refractivity contribution >= 4 is 30.7 Å². The molecule has 1 N–H and O–H groups in total. The highest BCUT2D eigenvalue weighted by atomic mass is 35.5. The Morgan fingerprint density at radius 3 is 2.36 bits per heavy atom. The number of carbonyl (C=O) groups is 1. The molecule has 22 heavy (non-hydrogen) atoms. The molecule has 2 heterocycles. The lowest BCUT2D eigenvalue weighted by atomic mass is 10.0. The van der Waals surface area contributed by atoms with E-state index in [0.717, 1.165) is 25.8 Å². The van der Waals surface area contributed by atoms with Crippen molar-refractivity contribution in [1.29, 1.82) is 0 Å². The second kappa shape index (κ2) is 9.80. The van der Waals surface area contributed by atoms with Crippen LogP contribution in [0.25, 0.3) is 0 Å². The van der Waals surface area contributed by atoms with Gasteiger partial charge >= 0.3 is 6.18 Å². The lowest BCUT2D eigenvalue weighted by Crippen LogP contribution is -2.49. The van der Waals surface area contributed by atoms with Crippen molar-refractivity contribution in [3.8, 4) is 0 Å². The first-order valence-electron chi connectivity index (χ1n) is 7.27. The van der Waals surface area contributed by atoms with Crippen LogP contribution in [0.1, 0.15) is 25.7 Å². The van der Waals surface area contributed by atoms with Gasteiger partial charge < -0.3 is 10.2 Å². The van der Waals surface area contributed by atoms with Crippen LogP contribution in [-0.4, -0.2) is 67.2 Å². The largest absolute Gasteiger partial charge is 0.401 e. The molecule has 4 nitrogen and oxygen atoms in total. The Bertz CT molecular complexity index is 339. The fraction of sp³-hybridized carbons (Fsp3) is 0.923. The molecule has 132 valence electrons. The second-order valence-corrected chi connectivity index (χ2v) is 5.57. The normalized spacial score (nSPS) is 24.0. The highest BCUT2D eigenvalue weighted by Crippen LogP contribution is 2.18. The summed E-state index contributed by atoms with van der Waals surface area (Å²) >= 11 is 0. The zero-order valence-electron chi connectivity index (χ0n) is 12.4. The van der Waals surface area contributed by atoms with Crippen molar-refractivity contribution in [1.82, 2.24) is 15.1 Å². The smallest absolute Gasteiger partial charge is 0.340 e. The molecular weight excluding hydrogens is 342 g/mol. The predicted molar refractivity (Wildman–Crippen MR) is 83.8 cm³/mol. The van der Waals surface area contributed by atoms with Gasteiger partial charge in [-0.15, -0.1) is 24.8 Å². The van der Waals surface area contributed by atoms with Crippen molar-refractivity contribution in [2.24, 2.45) is 0 Å². The Morgan fingerprint density at radius 1 is 1.05 bits per heavy atom. The molecule has 0 radical (unpaired) electrons. The first-order valence-corrected chi connectivity index (χ1v) is 7.27. The molecular formula is C13H24Cl2F3N3O. The maximum Gasteiger partial charge on any atom is 0.401 e. The number of halogens is 5. The van der Waals surface area contributed by atoms with E-state index in [1.54, 1.807) is 4.90 Å². The molecule has 0 bridgehead atoms. The van der Waals surface area contributed by atoms with Gasteiger partial charge in [0.25, 0.3) is 0 Å². The Balaban J connectivity index is 0.00000220. The average molecular weight is 366 g/mol. The fourth-order valence-electron chi connectivity index (χ4n) is 2.89. The molecule has 0 spiro atoms. The third-order valence-corrected chi connectivity index (χ3v) is 3.91. The van der Waals surface area contributed by atoms with Crippen molar-refractivity contribution in [2.45, 2.75) is 37.9 Å². The lowest BCUT2D eigenvalue weighted by Gasteiger charge is -2.29. The summed E-state index contributed by atoms with van der Waals surface area (Å²) in [5.74, 6) is 0.0542. The minimum absolute atomic E-state index is 0. The van der Waals surface area contributed by atoms with Crippen LogP contribution in [0.4, 0.5) is 13.2 Å². The summed E-state index contributed by atoms with van der Waals surface area (Å²) in [6.07, 6.45) is -0.596. The molecule has 0 aromatic rings. The number of rotatable bonds is 2. The molecule has 0 aliphatic carbocycles. The molecule has 1 amide bonds. The van der Waals surface area contributed by atoms with Crippen LogP contribution < -0.4 is 5.32 Å². The molecule has 2 aliphatic rings. The van der Waals surface area contributed by atoms with Crippen LogP contribution in [0.5, 0.6) is 0 Å². The molecule has 2 fully saturated rings. The fourth-order valence-corrected chi connectivity index (χ4v) is 2.89. The lowest BCUT2D eigenvalue weighted by molar-refractivity contribution is -0.145. The summed E-state index contributed by atoms with van der Waals surface area (Å²) in [7, 11) is 0. The van der Waals surface area contributed by atoms with E-state index in [1.165, 1.54) is 4.90 Å². The Hall–Kier alpha value is -0.240. The van der Waals surface area contributed by atoms with E-state index in [0.29, 0.717) is 32.6 Å². The first kappa shape index (κ1) is 21.8. The van der Waals surface area contributed by atoms with E-state index in [4.69, 9.17) is 0 Å². The second-order valence-electron chi connectivity index (χ2n) is 5.57. The van der Waals surface area contributed by atoms with E-state index < -0.39 is 12.7 Å². The zero-order valence-corrected chi connectivity index (χ0v) is 14.0. The van der Waals surface area contributed by atoms with Gasteiger partial charge in [-0.25, -0.2) is 0 Å². The summed E-state index contributed by atoms with van der Waals surface area (Å²) in [5, 5.41) is 3.20. The number of nitrogens with zero attached hydrogens (tertiary/aromatic N) is 2. The average Bonchev–Trinajstić information content (AvgIpc) is 2.63. The van der Waals surface area contributed by atoms with Gasteiger partial charge in [-0.1, -0.05) is 6.42 Å². The number of nitrogens with one attached hydrogen (secondary N) is 1. The minimum atomic E-state index is -4.16. The third kappa shape index (κ3) is 6.89. The Kier molecular flexibility index (Phi) is 9.69. The van der Waals surface area contributed by atoms with Crippen molar-refractivity contribution in [2.75, 3.05) is 39.3 Å². The summed E-state index contributed by atoms with van der Waals surface area (Å²) in [6, 6.07) is -0.141.